The minimum absolute atomic E-state index is 0.320. The standard InChI is InChI=1S/C11H15NO/c13-11-8-10(6-7-12-11)9-4-2-1-3-5-9/h1-5,10-13H,6-8H2. The average molecular weight is 177 g/mol. The molecule has 0 radical (unpaired) electrons. The molecule has 1 aliphatic rings. The van der Waals surface area contributed by atoms with E-state index in [1.165, 1.54) is 5.56 Å². The quantitative estimate of drug-likeness (QED) is 0.681. The van der Waals surface area contributed by atoms with Gasteiger partial charge in [-0.3, -0.25) is 5.32 Å². The van der Waals surface area contributed by atoms with E-state index in [1.54, 1.807) is 0 Å². The van der Waals surface area contributed by atoms with Gasteiger partial charge in [-0.05, 0) is 30.9 Å². The third-order valence-electron chi connectivity index (χ3n) is 2.65. The molecule has 0 aromatic heterocycles. The van der Waals surface area contributed by atoms with Crippen LogP contribution in [0.1, 0.15) is 24.3 Å². The molecule has 1 aromatic carbocycles. The number of rotatable bonds is 1. The fourth-order valence-electron chi connectivity index (χ4n) is 1.92. The molecule has 70 valence electrons. The minimum atomic E-state index is -0.320. The Balaban J connectivity index is 2.08. The molecule has 13 heavy (non-hydrogen) atoms. The first kappa shape index (κ1) is 8.73. The predicted molar refractivity (Wildman–Crippen MR) is 52.4 cm³/mol. The summed E-state index contributed by atoms with van der Waals surface area (Å²) in [5.41, 5.74) is 1.35. The van der Waals surface area contributed by atoms with Gasteiger partial charge in [-0.1, -0.05) is 30.3 Å². The highest BCUT2D eigenvalue weighted by atomic mass is 16.3. The van der Waals surface area contributed by atoms with Crippen LogP contribution in [0.3, 0.4) is 0 Å². The summed E-state index contributed by atoms with van der Waals surface area (Å²) in [6.45, 7) is 0.917. The van der Waals surface area contributed by atoms with Crippen molar-refractivity contribution in [3.05, 3.63) is 35.9 Å². The Morgan fingerprint density at radius 2 is 2.00 bits per heavy atom. The van der Waals surface area contributed by atoms with E-state index in [-0.39, 0.29) is 6.23 Å². The van der Waals surface area contributed by atoms with E-state index < -0.39 is 0 Å². The van der Waals surface area contributed by atoms with E-state index in [9.17, 15) is 5.11 Å². The second-order valence-electron chi connectivity index (χ2n) is 3.60. The average Bonchev–Trinajstić information content (AvgIpc) is 2.19. The van der Waals surface area contributed by atoms with E-state index >= 15 is 0 Å². The molecule has 0 spiro atoms. The molecule has 2 atom stereocenters. The van der Waals surface area contributed by atoms with Crippen molar-refractivity contribution in [3.8, 4) is 0 Å². The topological polar surface area (TPSA) is 32.3 Å². The van der Waals surface area contributed by atoms with Gasteiger partial charge in [0.15, 0.2) is 0 Å². The maximum atomic E-state index is 9.43. The molecule has 1 saturated heterocycles. The van der Waals surface area contributed by atoms with Gasteiger partial charge < -0.3 is 5.11 Å². The van der Waals surface area contributed by atoms with Crippen molar-refractivity contribution in [1.82, 2.24) is 5.32 Å². The predicted octanol–water partition coefficient (Wildman–Crippen LogP) is 1.47. The number of hydrogen-bond donors (Lipinski definition) is 2. The van der Waals surface area contributed by atoms with Gasteiger partial charge in [-0.15, -0.1) is 0 Å². The second kappa shape index (κ2) is 3.90. The summed E-state index contributed by atoms with van der Waals surface area (Å²) in [7, 11) is 0. The summed E-state index contributed by atoms with van der Waals surface area (Å²) in [6.07, 6.45) is 1.64. The van der Waals surface area contributed by atoms with Crippen molar-refractivity contribution in [1.29, 1.82) is 0 Å². The highest BCUT2D eigenvalue weighted by molar-refractivity contribution is 5.20. The smallest absolute Gasteiger partial charge is 0.105 e. The highest BCUT2D eigenvalue weighted by Gasteiger charge is 2.20. The zero-order chi connectivity index (χ0) is 9.10. The van der Waals surface area contributed by atoms with Crippen LogP contribution in [0.5, 0.6) is 0 Å². The lowest BCUT2D eigenvalue weighted by atomic mass is 9.89. The SMILES string of the molecule is OC1CC(c2ccccc2)CCN1. The molecule has 0 aliphatic carbocycles. The van der Waals surface area contributed by atoms with Gasteiger partial charge in [0.25, 0.3) is 0 Å². The number of aliphatic hydroxyl groups is 1. The second-order valence-corrected chi connectivity index (χ2v) is 3.60. The molecular formula is C11H15NO. The molecule has 0 saturated carbocycles. The number of aliphatic hydroxyl groups excluding tert-OH is 1. The molecule has 2 nitrogen and oxygen atoms in total. The Labute approximate surface area is 78.6 Å². The van der Waals surface area contributed by atoms with Crippen LogP contribution < -0.4 is 5.32 Å². The molecule has 1 aromatic rings. The summed E-state index contributed by atoms with van der Waals surface area (Å²) in [4.78, 5) is 0. The summed E-state index contributed by atoms with van der Waals surface area (Å²) in [5.74, 6) is 0.525. The molecule has 1 fully saturated rings. The maximum absolute atomic E-state index is 9.43. The zero-order valence-electron chi connectivity index (χ0n) is 7.61. The van der Waals surface area contributed by atoms with Crippen LogP contribution in [0.15, 0.2) is 30.3 Å². The Bertz CT molecular complexity index is 260. The number of nitrogens with one attached hydrogen (secondary N) is 1. The number of benzene rings is 1. The molecule has 0 bridgehead atoms. The lowest BCUT2D eigenvalue weighted by molar-refractivity contribution is 0.0978. The third-order valence-corrected chi connectivity index (χ3v) is 2.65. The Kier molecular flexibility index (Phi) is 2.62. The van der Waals surface area contributed by atoms with Gasteiger partial charge in [-0.25, -0.2) is 0 Å². The van der Waals surface area contributed by atoms with Crippen LogP contribution in [-0.2, 0) is 0 Å². The van der Waals surface area contributed by atoms with Crippen LogP contribution in [0, 0.1) is 0 Å². The largest absolute Gasteiger partial charge is 0.379 e. The first-order valence-electron chi connectivity index (χ1n) is 4.82. The van der Waals surface area contributed by atoms with Crippen LogP contribution in [-0.4, -0.2) is 17.9 Å². The summed E-state index contributed by atoms with van der Waals surface area (Å²) in [6, 6.07) is 10.4. The van der Waals surface area contributed by atoms with Crippen LogP contribution in [0.2, 0.25) is 0 Å². The van der Waals surface area contributed by atoms with E-state index in [1.807, 2.05) is 6.07 Å². The van der Waals surface area contributed by atoms with Crippen LogP contribution in [0.25, 0.3) is 0 Å². The van der Waals surface area contributed by atoms with Crippen molar-refractivity contribution in [2.75, 3.05) is 6.54 Å². The monoisotopic (exact) mass is 177 g/mol. The van der Waals surface area contributed by atoms with Crippen LogP contribution in [0.4, 0.5) is 0 Å². The van der Waals surface area contributed by atoms with Crippen molar-refractivity contribution in [2.24, 2.45) is 0 Å². The molecular weight excluding hydrogens is 162 g/mol. The fourth-order valence-corrected chi connectivity index (χ4v) is 1.92. The molecule has 1 heterocycles. The lowest BCUT2D eigenvalue weighted by Gasteiger charge is -2.27. The first-order valence-corrected chi connectivity index (χ1v) is 4.82. The molecule has 1 aliphatic heterocycles. The third kappa shape index (κ3) is 2.08. The first-order chi connectivity index (χ1) is 6.36. The lowest BCUT2D eigenvalue weighted by Crippen LogP contribution is -2.36. The molecule has 2 heteroatoms. The van der Waals surface area contributed by atoms with Gasteiger partial charge in [0.05, 0.1) is 0 Å². The van der Waals surface area contributed by atoms with Gasteiger partial charge in [0.2, 0.25) is 0 Å². The van der Waals surface area contributed by atoms with Gasteiger partial charge in [0.1, 0.15) is 6.23 Å². The molecule has 2 unspecified atom stereocenters. The molecule has 2 rings (SSSR count). The Hall–Kier alpha value is -0.860. The summed E-state index contributed by atoms with van der Waals surface area (Å²) < 4.78 is 0. The van der Waals surface area contributed by atoms with Crippen molar-refractivity contribution >= 4 is 0 Å². The summed E-state index contributed by atoms with van der Waals surface area (Å²) in [5, 5.41) is 12.5. The highest BCUT2D eigenvalue weighted by Crippen LogP contribution is 2.26. The molecule has 0 amide bonds. The van der Waals surface area contributed by atoms with Gasteiger partial charge in [-0.2, -0.15) is 0 Å². The van der Waals surface area contributed by atoms with Gasteiger partial charge >= 0.3 is 0 Å². The van der Waals surface area contributed by atoms with Gasteiger partial charge in [0, 0.05) is 0 Å². The normalized spacial score (nSPS) is 28.7. The zero-order valence-corrected chi connectivity index (χ0v) is 7.61. The minimum Gasteiger partial charge on any atom is -0.379 e. The molecule has 2 N–H and O–H groups in total. The number of hydrogen-bond acceptors (Lipinski definition) is 2. The van der Waals surface area contributed by atoms with Crippen molar-refractivity contribution in [3.63, 3.8) is 0 Å². The fraction of sp³-hybridized carbons (Fsp3) is 0.455. The Morgan fingerprint density at radius 3 is 2.69 bits per heavy atom. The van der Waals surface area contributed by atoms with E-state index in [4.69, 9.17) is 0 Å². The van der Waals surface area contributed by atoms with Crippen molar-refractivity contribution in [2.45, 2.75) is 25.0 Å². The summed E-state index contributed by atoms with van der Waals surface area (Å²) >= 11 is 0. The Morgan fingerprint density at radius 1 is 1.23 bits per heavy atom. The van der Waals surface area contributed by atoms with Crippen molar-refractivity contribution < 1.29 is 5.11 Å². The van der Waals surface area contributed by atoms with E-state index in [0.717, 1.165) is 19.4 Å². The van der Waals surface area contributed by atoms with E-state index in [0.29, 0.717) is 5.92 Å². The van der Waals surface area contributed by atoms with E-state index in [2.05, 4.69) is 29.6 Å². The number of piperidine rings is 1. The maximum Gasteiger partial charge on any atom is 0.105 e. The van der Waals surface area contributed by atoms with Crippen LogP contribution >= 0.6 is 0 Å².